The van der Waals surface area contributed by atoms with Crippen molar-refractivity contribution < 1.29 is 33.9 Å². The van der Waals surface area contributed by atoms with Gasteiger partial charge in [0.25, 0.3) is 0 Å². The lowest BCUT2D eigenvalue weighted by atomic mass is 10.3. The van der Waals surface area contributed by atoms with E-state index >= 15 is 0 Å². The highest BCUT2D eigenvalue weighted by Crippen LogP contribution is 2.60. The van der Waals surface area contributed by atoms with Gasteiger partial charge in [-0.25, -0.2) is 4.98 Å². The molecule has 0 radical (unpaired) electrons. The maximum Gasteiger partial charge on any atom is 0.341 e. The number of hydrogen-bond acceptors (Lipinski definition) is 4. The van der Waals surface area contributed by atoms with Crippen molar-refractivity contribution in [3.8, 4) is 0 Å². The van der Waals surface area contributed by atoms with E-state index in [2.05, 4.69) is 4.98 Å². The van der Waals surface area contributed by atoms with Crippen molar-refractivity contribution in [2.75, 3.05) is 0 Å². The summed E-state index contributed by atoms with van der Waals surface area (Å²) >= 11 is 0. The van der Waals surface area contributed by atoms with Crippen LogP contribution in [0.2, 0.25) is 0 Å². The summed E-state index contributed by atoms with van der Waals surface area (Å²) in [5.74, 6) is 0. The largest absolute Gasteiger partial charge is 0.427 e. The van der Waals surface area contributed by atoms with Gasteiger partial charge in [0.2, 0.25) is 0 Å². The minimum absolute atomic E-state index is 0.0540. The molecule has 1 aromatic heterocycles. The van der Waals surface area contributed by atoms with Crippen molar-refractivity contribution in [2.24, 2.45) is 0 Å². The van der Waals surface area contributed by atoms with Crippen LogP contribution in [0.1, 0.15) is 11.4 Å². The van der Waals surface area contributed by atoms with Gasteiger partial charge >= 0.3 is 15.2 Å². The second-order valence-corrected chi connectivity index (χ2v) is 7.49. The topological polar surface area (TPSA) is 153 Å². The van der Waals surface area contributed by atoms with E-state index in [1.54, 1.807) is 0 Å². The Kier molecular flexibility index (Phi) is 3.83. The van der Waals surface area contributed by atoms with Gasteiger partial charge in [0.05, 0.1) is 11.4 Å². The summed E-state index contributed by atoms with van der Waals surface area (Å²) in [6.45, 7) is 1.44. The van der Waals surface area contributed by atoms with Crippen LogP contribution in [-0.4, -0.2) is 39.9 Å². The zero-order valence-corrected chi connectivity index (χ0v) is 10.5. The van der Waals surface area contributed by atoms with Gasteiger partial charge in [-0.1, -0.05) is 0 Å². The second-order valence-electron chi connectivity index (χ2n) is 3.48. The molecule has 0 unspecified atom stereocenters. The summed E-state index contributed by atoms with van der Waals surface area (Å²) in [6, 6.07) is 0. The smallest absolute Gasteiger partial charge is 0.341 e. The van der Waals surface area contributed by atoms with Crippen LogP contribution in [0.25, 0.3) is 0 Å². The Hall–Kier alpha value is -0.690. The van der Waals surface area contributed by atoms with Crippen LogP contribution in [0.5, 0.6) is 0 Å². The van der Waals surface area contributed by atoms with E-state index in [1.807, 2.05) is 0 Å². The molecule has 0 aliphatic heterocycles. The zero-order valence-electron chi connectivity index (χ0n) is 8.70. The van der Waals surface area contributed by atoms with Crippen molar-refractivity contribution in [2.45, 2.75) is 18.7 Å². The molecule has 0 aromatic carbocycles. The predicted octanol–water partition coefficient (Wildman–Crippen LogP) is -0.347. The van der Waals surface area contributed by atoms with E-state index in [-0.39, 0.29) is 11.4 Å². The first-order chi connectivity index (χ1) is 7.53. The molecule has 11 heteroatoms. The van der Waals surface area contributed by atoms with Gasteiger partial charge in [0.15, 0.2) is 5.40 Å². The highest BCUT2D eigenvalue weighted by Gasteiger charge is 2.44. The molecule has 5 N–H and O–H groups in total. The van der Waals surface area contributed by atoms with Crippen LogP contribution in [0.4, 0.5) is 0 Å². The Morgan fingerprint density at radius 3 is 2.06 bits per heavy atom. The quantitative estimate of drug-likeness (QED) is 0.372. The number of imidazole rings is 1. The van der Waals surface area contributed by atoms with Crippen LogP contribution in [-0.2, 0) is 15.6 Å². The highest BCUT2D eigenvalue weighted by molar-refractivity contribution is 7.70. The van der Waals surface area contributed by atoms with E-state index in [0.717, 1.165) is 6.33 Å². The number of hydrogen-bond donors (Lipinski definition) is 5. The molecule has 9 nitrogen and oxygen atoms in total. The first-order valence-electron chi connectivity index (χ1n) is 4.36. The van der Waals surface area contributed by atoms with Gasteiger partial charge in [-0.15, -0.1) is 0 Å². The number of aromatic nitrogens is 2. The Bertz CT molecular complexity index is 459. The highest BCUT2D eigenvalue weighted by atomic mass is 31.2. The van der Waals surface area contributed by atoms with Gasteiger partial charge in [0.1, 0.15) is 6.33 Å². The summed E-state index contributed by atoms with van der Waals surface area (Å²) in [5.41, 5.74) is 0.182. The van der Waals surface area contributed by atoms with Crippen molar-refractivity contribution in [3.63, 3.8) is 0 Å². The number of aryl methyl sites for hydroxylation is 1. The average molecular weight is 286 g/mol. The van der Waals surface area contributed by atoms with E-state index in [9.17, 15) is 14.3 Å². The van der Waals surface area contributed by atoms with Crippen LogP contribution in [0.15, 0.2) is 6.33 Å². The van der Waals surface area contributed by atoms with E-state index < -0.39 is 27.0 Å². The van der Waals surface area contributed by atoms with Crippen LogP contribution in [0, 0.1) is 6.92 Å². The molecule has 0 spiro atoms. The molecule has 0 saturated carbocycles. The molecule has 0 amide bonds. The van der Waals surface area contributed by atoms with E-state index in [0.29, 0.717) is 4.73 Å². The molecule has 0 fully saturated rings. The van der Waals surface area contributed by atoms with E-state index in [1.165, 1.54) is 6.92 Å². The Morgan fingerprint density at radius 1 is 1.29 bits per heavy atom. The fraction of sp³-hybridized carbons (Fsp3) is 0.500. The van der Waals surface area contributed by atoms with Crippen molar-refractivity contribution in [3.05, 3.63) is 17.7 Å². The molecule has 1 rings (SSSR count). The lowest BCUT2D eigenvalue weighted by Gasteiger charge is -2.19. The predicted molar refractivity (Wildman–Crippen MR) is 55.7 cm³/mol. The monoisotopic (exact) mass is 286 g/mol. The summed E-state index contributed by atoms with van der Waals surface area (Å²) in [4.78, 5) is 39.2. The second kappa shape index (κ2) is 4.53. The molecule has 17 heavy (non-hydrogen) atoms. The lowest BCUT2D eigenvalue weighted by Crippen LogP contribution is -2.15. The van der Waals surface area contributed by atoms with E-state index in [4.69, 9.17) is 19.6 Å². The molecule has 1 heterocycles. The average Bonchev–Trinajstić information content (AvgIpc) is 2.39. The molecule has 98 valence electrons. The Labute approximate surface area is 96.0 Å². The summed E-state index contributed by atoms with van der Waals surface area (Å²) in [7, 11) is -9.99. The van der Waals surface area contributed by atoms with Gasteiger partial charge in [-0.3, -0.25) is 9.13 Å². The summed E-state index contributed by atoms with van der Waals surface area (Å²) in [5, 5.41) is 7.08. The third-order valence-electron chi connectivity index (χ3n) is 2.21. The molecule has 0 aliphatic carbocycles. The molecular weight excluding hydrogens is 274 g/mol. The molecule has 0 saturated heterocycles. The fourth-order valence-corrected chi connectivity index (χ4v) is 3.69. The first kappa shape index (κ1) is 14.4. The van der Waals surface area contributed by atoms with Gasteiger partial charge < -0.3 is 24.8 Å². The van der Waals surface area contributed by atoms with Crippen LogP contribution >= 0.6 is 15.2 Å². The molecule has 0 bridgehead atoms. The normalized spacial score (nSPS) is 13.3. The lowest BCUT2D eigenvalue weighted by molar-refractivity contribution is 0.176. The van der Waals surface area contributed by atoms with Crippen LogP contribution < -0.4 is 0 Å². The van der Waals surface area contributed by atoms with Crippen molar-refractivity contribution in [1.29, 1.82) is 0 Å². The summed E-state index contributed by atoms with van der Waals surface area (Å²) < 4.78 is 22.5. The van der Waals surface area contributed by atoms with Gasteiger partial charge in [0, 0.05) is 6.42 Å². The zero-order chi connectivity index (χ0) is 13.4. The standard InChI is InChI=1S/C6H12N2O7P2/c1-4-5(8(9)3-7-4)2-6(16(10,11)12)17(13,14)15/h3,6,9H,2H2,1H3,(H2,10,11,12)(H2,13,14,15). The minimum atomic E-state index is -4.99. The molecule has 0 atom stereocenters. The van der Waals surface area contributed by atoms with Crippen molar-refractivity contribution in [1.82, 2.24) is 9.71 Å². The Morgan fingerprint density at radius 2 is 1.76 bits per heavy atom. The van der Waals surface area contributed by atoms with Crippen LogP contribution in [0.3, 0.4) is 0 Å². The third-order valence-corrected chi connectivity index (χ3v) is 5.93. The maximum absolute atomic E-state index is 11.0. The minimum Gasteiger partial charge on any atom is -0.427 e. The SMILES string of the molecule is Cc1ncn(O)c1CC(P(=O)(O)O)P(=O)(O)O. The van der Waals surface area contributed by atoms with Gasteiger partial charge in [-0.2, -0.15) is 4.73 Å². The molecular formula is C6H12N2O7P2. The molecule has 1 aromatic rings. The third kappa shape index (κ3) is 3.38. The fourth-order valence-electron chi connectivity index (χ4n) is 1.30. The number of nitrogens with zero attached hydrogens (tertiary/aromatic N) is 2. The first-order valence-corrected chi connectivity index (χ1v) is 7.72. The molecule has 0 aliphatic rings. The summed E-state index contributed by atoms with van der Waals surface area (Å²) in [6.07, 6.45) is 0.304. The van der Waals surface area contributed by atoms with Gasteiger partial charge in [-0.05, 0) is 6.92 Å². The number of rotatable bonds is 4. The maximum atomic E-state index is 11.0. The Balaban J connectivity index is 3.13. The van der Waals surface area contributed by atoms with Crippen molar-refractivity contribution >= 4 is 15.2 Å².